The zero-order chi connectivity index (χ0) is 12.3. The minimum Gasteiger partial charge on any atom is -0.384 e. The average molecular weight is 284 g/mol. The fourth-order valence-electron chi connectivity index (χ4n) is 1.47. The van der Waals surface area contributed by atoms with Gasteiger partial charge >= 0.3 is 0 Å². The van der Waals surface area contributed by atoms with Crippen LogP contribution >= 0.6 is 15.9 Å². The second-order valence-corrected chi connectivity index (χ2v) is 4.80. The number of amidine groups is 1. The lowest BCUT2D eigenvalue weighted by atomic mass is 10.1. The van der Waals surface area contributed by atoms with E-state index >= 15 is 0 Å². The monoisotopic (exact) mass is 283 g/mol. The number of halogens is 1. The second kappa shape index (κ2) is 5.34. The van der Waals surface area contributed by atoms with E-state index in [2.05, 4.69) is 41.7 Å². The van der Waals surface area contributed by atoms with E-state index in [9.17, 15) is 0 Å². The molecule has 0 fully saturated rings. The van der Waals surface area contributed by atoms with Crippen LogP contribution in [-0.2, 0) is 0 Å². The maximum absolute atomic E-state index is 7.37. The normalized spacial score (nSPS) is 12.2. The molecule has 88 valence electrons. The molecule has 0 bridgehead atoms. The van der Waals surface area contributed by atoms with Crippen LogP contribution in [0.25, 0.3) is 0 Å². The maximum atomic E-state index is 7.37. The minimum atomic E-state index is 0.0958. The van der Waals surface area contributed by atoms with Gasteiger partial charge in [0.05, 0.1) is 5.69 Å². The fourth-order valence-corrected chi connectivity index (χ4v) is 2.13. The van der Waals surface area contributed by atoms with E-state index in [1.54, 1.807) is 0 Å². The maximum Gasteiger partial charge on any atom is 0.122 e. The first kappa shape index (κ1) is 13.0. The topological polar surface area (TPSA) is 53.1 Å². The molecule has 1 aromatic carbocycles. The molecule has 1 unspecified atom stereocenters. The van der Waals surface area contributed by atoms with Gasteiger partial charge in [-0.1, -0.05) is 6.92 Å². The van der Waals surface area contributed by atoms with Crippen molar-refractivity contribution in [3.63, 3.8) is 0 Å². The summed E-state index contributed by atoms with van der Waals surface area (Å²) in [6.07, 6.45) is 1.09. The van der Waals surface area contributed by atoms with Crippen molar-refractivity contribution in [3.8, 4) is 0 Å². The second-order valence-electron chi connectivity index (χ2n) is 3.95. The summed E-state index contributed by atoms with van der Waals surface area (Å²) in [4.78, 5) is 2.22. The Bertz CT molecular complexity index is 390. The predicted molar refractivity (Wildman–Crippen MR) is 73.3 cm³/mol. The van der Waals surface area contributed by atoms with Gasteiger partial charge in [0, 0.05) is 23.1 Å². The van der Waals surface area contributed by atoms with Crippen LogP contribution in [0.5, 0.6) is 0 Å². The van der Waals surface area contributed by atoms with Gasteiger partial charge in [-0.2, -0.15) is 0 Å². The molecular formula is C12H18BrN3. The summed E-state index contributed by atoms with van der Waals surface area (Å²) in [6, 6.07) is 6.24. The van der Waals surface area contributed by atoms with E-state index in [0.717, 1.165) is 22.1 Å². The molecule has 0 saturated carbocycles. The lowest BCUT2D eigenvalue weighted by molar-refractivity contribution is 0.663. The number of benzene rings is 1. The molecule has 0 heterocycles. The van der Waals surface area contributed by atoms with E-state index in [-0.39, 0.29) is 5.84 Å². The standard InChI is InChI=1S/C12H18BrN3/c1-4-8(2)16(3)11-6-5-9(12(14)15)7-10(11)13/h5-8H,4H2,1-3H3,(H3,14,15). The Labute approximate surface area is 105 Å². The lowest BCUT2D eigenvalue weighted by Crippen LogP contribution is -2.28. The number of rotatable bonds is 4. The molecule has 0 aliphatic carbocycles. The third-order valence-electron chi connectivity index (χ3n) is 2.89. The number of anilines is 1. The Kier molecular flexibility index (Phi) is 4.35. The molecular weight excluding hydrogens is 266 g/mol. The largest absolute Gasteiger partial charge is 0.384 e. The summed E-state index contributed by atoms with van der Waals surface area (Å²) in [6.45, 7) is 4.35. The van der Waals surface area contributed by atoms with Gasteiger partial charge in [0.15, 0.2) is 0 Å². The molecule has 0 aromatic heterocycles. The highest BCUT2D eigenvalue weighted by atomic mass is 79.9. The molecule has 0 amide bonds. The van der Waals surface area contributed by atoms with Gasteiger partial charge in [0.1, 0.15) is 5.84 Å². The minimum absolute atomic E-state index is 0.0958. The summed E-state index contributed by atoms with van der Waals surface area (Å²) in [7, 11) is 2.07. The molecule has 16 heavy (non-hydrogen) atoms. The van der Waals surface area contributed by atoms with Crippen molar-refractivity contribution in [2.24, 2.45) is 5.73 Å². The highest BCUT2D eigenvalue weighted by molar-refractivity contribution is 9.10. The Morgan fingerprint density at radius 3 is 2.62 bits per heavy atom. The molecule has 3 N–H and O–H groups in total. The summed E-state index contributed by atoms with van der Waals surface area (Å²) in [5, 5.41) is 7.37. The highest BCUT2D eigenvalue weighted by Crippen LogP contribution is 2.28. The first-order valence-electron chi connectivity index (χ1n) is 5.34. The van der Waals surface area contributed by atoms with Crippen LogP contribution < -0.4 is 10.6 Å². The fraction of sp³-hybridized carbons (Fsp3) is 0.417. The van der Waals surface area contributed by atoms with E-state index < -0.39 is 0 Å². The molecule has 0 aliphatic rings. The summed E-state index contributed by atoms with van der Waals surface area (Å²) < 4.78 is 0.975. The van der Waals surface area contributed by atoms with Crippen LogP contribution in [0, 0.1) is 5.41 Å². The number of nitrogens with two attached hydrogens (primary N) is 1. The van der Waals surface area contributed by atoms with E-state index in [0.29, 0.717) is 6.04 Å². The molecule has 4 heteroatoms. The van der Waals surface area contributed by atoms with Crippen molar-refractivity contribution >= 4 is 27.5 Å². The smallest absolute Gasteiger partial charge is 0.122 e. The molecule has 0 aliphatic heterocycles. The van der Waals surface area contributed by atoms with Crippen molar-refractivity contribution in [1.82, 2.24) is 0 Å². The van der Waals surface area contributed by atoms with Gasteiger partial charge in [-0.25, -0.2) is 0 Å². The Hall–Kier alpha value is -1.03. The number of hydrogen-bond acceptors (Lipinski definition) is 2. The van der Waals surface area contributed by atoms with Crippen LogP contribution in [0.4, 0.5) is 5.69 Å². The van der Waals surface area contributed by atoms with Gasteiger partial charge in [-0.3, -0.25) is 5.41 Å². The number of nitrogen functional groups attached to an aromatic ring is 1. The van der Waals surface area contributed by atoms with Crippen molar-refractivity contribution in [2.75, 3.05) is 11.9 Å². The van der Waals surface area contributed by atoms with E-state index in [1.807, 2.05) is 18.2 Å². The summed E-state index contributed by atoms with van der Waals surface area (Å²) >= 11 is 3.52. The van der Waals surface area contributed by atoms with Gasteiger partial charge in [0.25, 0.3) is 0 Å². The van der Waals surface area contributed by atoms with Gasteiger partial charge in [-0.05, 0) is 47.5 Å². The zero-order valence-electron chi connectivity index (χ0n) is 9.92. The Morgan fingerprint density at radius 2 is 2.19 bits per heavy atom. The van der Waals surface area contributed by atoms with Crippen LogP contribution in [0.15, 0.2) is 22.7 Å². The first-order valence-corrected chi connectivity index (χ1v) is 6.13. The van der Waals surface area contributed by atoms with Crippen LogP contribution in [0.1, 0.15) is 25.8 Å². The quantitative estimate of drug-likeness (QED) is 0.659. The van der Waals surface area contributed by atoms with Gasteiger partial charge < -0.3 is 10.6 Å². The Morgan fingerprint density at radius 1 is 1.56 bits per heavy atom. The third kappa shape index (κ3) is 2.76. The van der Waals surface area contributed by atoms with Crippen LogP contribution in [-0.4, -0.2) is 18.9 Å². The molecule has 0 radical (unpaired) electrons. The Balaban J connectivity index is 3.03. The molecule has 1 aromatic rings. The SMILES string of the molecule is CCC(C)N(C)c1ccc(C(=N)N)cc1Br. The molecule has 3 nitrogen and oxygen atoms in total. The van der Waals surface area contributed by atoms with E-state index in [1.165, 1.54) is 0 Å². The zero-order valence-corrected chi connectivity index (χ0v) is 11.5. The van der Waals surface area contributed by atoms with Crippen LogP contribution in [0.2, 0.25) is 0 Å². The van der Waals surface area contributed by atoms with Crippen molar-refractivity contribution < 1.29 is 0 Å². The lowest BCUT2D eigenvalue weighted by Gasteiger charge is -2.27. The average Bonchev–Trinajstić information content (AvgIpc) is 2.26. The molecule has 0 spiro atoms. The number of hydrogen-bond donors (Lipinski definition) is 2. The number of nitrogens with one attached hydrogen (secondary N) is 1. The highest BCUT2D eigenvalue weighted by Gasteiger charge is 2.11. The molecule has 1 rings (SSSR count). The van der Waals surface area contributed by atoms with Crippen molar-refractivity contribution in [2.45, 2.75) is 26.3 Å². The van der Waals surface area contributed by atoms with Gasteiger partial charge in [0.2, 0.25) is 0 Å². The van der Waals surface area contributed by atoms with Crippen LogP contribution in [0.3, 0.4) is 0 Å². The van der Waals surface area contributed by atoms with Crippen molar-refractivity contribution in [1.29, 1.82) is 5.41 Å². The number of nitrogens with zero attached hydrogens (tertiary/aromatic N) is 1. The van der Waals surface area contributed by atoms with Crippen molar-refractivity contribution in [3.05, 3.63) is 28.2 Å². The third-order valence-corrected chi connectivity index (χ3v) is 3.53. The summed E-state index contributed by atoms with van der Waals surface area (Å²) in [5.41, 5.74) is 7.31. The first-order chi connectivity index (χ1) is 7.47. The molecule has 1 atom stereocenters. The van der Waals surface area contributed by atoms with Gasteiger partial charge in [-0.15, -0.1) is 0 Å². The molecule has 0 saturated heterocycles. The predicted octanol–water partition coefficient (Wildman–Crippen LogP) is 2.97. The van der Waals surface area contributed by atoms with E-state index in [4.69, 9.17) is 11.1 Å². The summed E-state index contributed by atoms with van der Waals surface area (Å²) in [5.74, 6) is 0.0958.